The second-order valence-electron chi connectivity index (χ2n) is 5.51. The number of carbonyl (C=O) groups excluding carboxylic acids is 2. The summed E-state index contributed by atoms with van der Waals surface area (Å²) in [4.78, 5) is 36.0. The molecule has 0 amide bonds. The molecule has 1 saturated heterocycles. The van der Waals surface area contributed by atoms with Crippen LogP contribution in [0.5, 0.6) is 0 Å². The number of piperazine rings is 1. The number of nitro benzene ring substituents is 1. The SMILES string of the molecule is O=C([O-])C=CC(=O)[O-].O=[N+]([O-])c1ccc2nc(N3CCNCC3)ccc2c1. The molecule has 1 fully saturated rings. The Morgan fingerprint density at radius 1 is 1.07 bits per heavy atom. The zero-order valence-electron chi connectivity index (χ0n) is 14.2. The van der Waals surface area contributed by atoms with Crippen LogP contribution in [0.25, 0.3) is 10.9 Å². The first kappa shape index (κ1) is 19.8. The Morgan fingerprint density at radius 3 is 2.26 bits per heavy atom. The van der Waals surface area contributed by atoms with Gasteiger partial charge in [-0.2, -0.15) is 0 Å². The number of aliphatic carboxylic acids is 2. The van der Waals surface area contributed by atoms with Crippen molar-refractivity contribution >= 4 is 34.3 Å². The monoisotopic (exact) mass is 372 g/mol. The van der Waals surface area contributed by atoms with Gasteiger partial charge in [-0.1, -0.05) is 0 Å². The molecule has 0 spiro atoms. The van der Waals surface area contributed by atoms with Crippen LogP contribution in [0.3, 0.4) is 0 Å². The van der Waals surface area contributed by atoms with Gasteiger partial charge in [0.25, 0.3) is 5.69 Å². The van der Waals surface area contributed by atoms with Gasteiger partial charge in [-0.05, 0) is 30.4 Å². The molecule has 0 aliphatic carbocycles. The fraction of sp³-hybridized carbons (Fsp3) is 0.235. The molecule has 10 heteroatoms. The van der Waals surface area contributed by atoms with E-state index >= 15 is 0 Å². The fourth-order valence-electron chi connectivity index (χ4n) is 2.42. The quantitative estimate of drug-likeness (QED) is 0.388. The number of anilines is 1. The molecule has 0 saturated carbocycles. The predicted molar refractivity (Wildman–Crippen MR) is 92.6 cm³/mol. The lowest BCUT2D eigenvalue weighted by atomic mass is 10.2. The molecule has 10 nitrogen and oxygen atoms in total. The van der Waals surface area contributed by atoms with E-state index in [2.05, 4.69) is 15.2 Å². The molecule has 27 heavy (non-hydrogen) atoms. The number of non-ortho nitro benzene ring substituents is 1. The molecule has 0 bridgehead atoms. The van der Waals surface area contributed by atoms with Gasteiger partial charge in [0.15, 0.2) is 0 Å². The lowest BCUT2D eigenvalue weighted by Gasteiger charge is -2.28. The van der Waals surface area contributed by atoms with Gasteiger partial charge in [0.2, 0.25) is 0 Å². The minimum absolute atomic E-state index is 0.101. The van der Waals surface area contributed by atoms with Gasteiger partial charge in [-0.3, -0.25) is 10.1 Å². The van der Waals surface area contributed by atoms with Crippen LogP contribution >= 0.6 is 0 Å². The number of hydrogen-bond donors (Lipinski definition) is 1. The maximum atomic E-state index is 10.7. The summed E-state index contributed by atoms with van der Waals surface area (Å²) in [5.74, 6) is -2.16. The van der Waals surface area contributed by atoms with E-state index in [0.29, 0.717) is 12.2 Å². The van der Waals surface area contributed by atoms with Crippen molar-refractivity contribution in [2.45, 2.75) is 0 Å². The minimum atomic E-state index is -1.55. The first-order valence-electron chi connectivity index (χ1n) is 7.98. The van der Waals surface area contributed by atoms with E-state index in [0.717, 1.165) is 42.9 Å². The number of nitrogens with one attached hydrogen (secondary N) is 1. The molecule has 1 aliphatic rings. The van der Waals surface area contributed by atoms with E-state index in [1.54, 1.807) is 12.1 Å². The van der Waals surface area contributed by atoms with Crippen LogP contribution < -0.4 is 20.4 Å². The fourth-order valence-corrected chi connectivity index (χ4v) is 2.42. The summed E-state index contributed by atoms with van der Waals surface area (Å²) in [6, 6.07) is 8.59. The second-order valence-corrected chi connectivity index (χ2v) is 5.51. The number of carbonyl (C=O) groups is 2. The van der Waals surface area contributed by atoms with Crippen LogP contribution in [0.4, 0.5) is 11.5 Å². The van der Waals surface area contributed by atoms with Gasteiger partial charge in [-0.25, -0.2) is 4.98 Å². The third kappa shape index (κ3) is 6.04. The molecule has 2 aromatic rings. The highest BCUT2D eigenvalue weighted by Crippen LogP contribution is 2.22. The first-order chi connectivity index (χ1) is 12.9. The summed E-state index contributed by atoms with van der Waals surface area (Å²) in [5, 5.41) is 33.7. The van der Waals surface area contributed by atoms with Crippen LogP contribution in [0.1, 0.15) is 0 Å². The van der Waals surface area contributed by atoms with Crippen molar-refractivity contribution in [2.75, 3.05) is 31.1 Å². The van der Waals surface area contributed by atoms with Gasteiger partial charge in [-0.15, -0.1) is 0 Å². The highest BCUT2D eigenvalue weighted by molar-refractivity contribution is 5.87. The highest BCUT2D eigenvalue weighted by atomic mass is 16.6. The lowest BCUT2D eigenvalue weighted by Crippen LogP contribution is -2.43. The van der Waals surface area contributed by atoms with Crippen molar-refractivity contribution in [3.8, 4) is 0 Å². The number of fused-ring (bicyclic) bond motifs is 1. The molecule has 3 rings (SSSR count). The van der Waals surface area contributed by atoms with E-state index in [1.165, 1.54) is 6.07 Å². The highest BCUT2D eigenvalue weighted by Gasteiger charge is 2.13. The molecule has 142 valence electrons. The summed E-state index contributed by atoms with van der Waals surface area (Å²) < 4.78 is 0. The van der Waals surface area contributed by atoms with E-state index in [4.69, 9.17) is 0 Å². The van der Waals surface area contributed by atoms with Crippen LogP contribution in [-0.2, 0) is 9.59 Å². The molecule has 1 aromatic carbocycles. The Kier molecular flexibility index (Phi) is 6.78. The van der Waals surface area contributed by atoms with Gasteiger partial charge in [0.1, 0.15) is 5.82 Å². The molecule has 0 radical (unpaired) electrons. The summed E-state index contributed by atoms with van der Waals surface area (Å²) in [6.07, 6.45) is 0.769. The minimum Gasteiger partial charge on any atom is -0.545 e. The molecule has 1 aliphatic heterocycles. The Hall–Kier alpha value is -3.53. The smallest absolute Gasteiger partial charge is 0.270 e. The Balaban J connectivity index is 0.000000279. The molecule has 0 atom stereocenters. The lowest BCUT2D eigenvalue weighted by molar-refractivity contribution is -0.384. The number of benzene rings is 1. The number of carboxylic acids is 2. The summed E-state index contributed by atoms with van der Waals surface area (Å²) in [5.41, 5.74) is 0.894. The maximum Gasteiger partial charge on any atom is 0.270 e. The number of rotatable bonds is 4. The van der Waals surface area contributed by atoms with E-state index in [1.807, 2.05) is 12.1 Å². The second kappa shape index (κ2) is 9.25. The van der Waals surface area contributed by atoms with Crippen molar-refractivity contribution in [2.24, 2.45) is 0 Å². The van der Waals surface area contributed by atoms with Gasteiger partial charge in [0.05, 0.1) is 22.4 Å². The Morgan fingerprint density at radius 2 is 1.70 bits per heavy atom. The number of pyridine rings is 1. The van der Waals surface area contributed by atoms with Crippen LogP contribution in [-0.4, -0.2) is 48.0 Å². The third-order valence-corrected chi connectivity index (χ3v) is 3.67. The standard InChI is InChI=1S/C13H14N4O2.C4H4O4/c18-17(19)11-2-3-12-10(9-11)1-4-13(15-12)16-7-5-14-6-8-16;5-3(6)1-2-4(7)8/h1-4,9,14H,5-8H2;1-2H,(H,5,6)(H,7,8)/p-2. The molecule has 1 N–H and O–H groups in total. The average Bonchev–Trinajstić information content (AvgIpc) is 2.66. The van der Waals surface area contributed by atoms with Gasteiger partial charge in [0, 0.05) is 43.7 Å². The van der Waals surface area contributed by atoms with Crippen molar-refractivity contribution < 1.29 is 24.7 Å². The summed E-state index contributed by atoms with van der Waals surface area (Å²) in [7, 11) is 0. The predicted octanol–water partition coefficient (Wildman–Crippen LogP) is -1.40. The van der Waals surface area contributed by atoms with Crippen LogP contribution in [0.15, 0.2) is 42.5 Å². The van der Waals surface area contributed by atoms with E-state index in [-0.39, 0.29) is 10.6 Å². The molecule has 2 heterocycles. The first-order valence-corrected chi connectivity index (χ1v) is 7.98. The van der Waals surface area contributed by atoms with Crippen molar-refractivity contribution in [1.82, 2.24) is 10.3 Å². The van der Waals surface area contributed by atoms with Crippen LogP contribution in [0.2, 0.25) is 0 Å². The van der Waals surface area contributed by atoms with Crippen LogP contribution in [0, 0.1) is 10.1 Å². The number of aromatic nitrogens is 1. The Labute approximate surface area is 153 Å². The normalized spacial score (nSPS) is 13.9. The molecular weight excluding hydrogens is 356 g/mol. The van der Waals surface area contributed by atoms with Crippen molar-refractivity contribution in [3.63, 3.8) is 0 Å². The number of nitrogens with zero attached hydrogens (tertiary/aromatic N) is 3. The number of nitro groups is 1. The summed E-state index contributed by atoms with van der Waals surface area (Å²) in [6.45, 7) is 3.79. The topological polar surface area (TPSA) is 152 Å². The van der Waals surface area contributed by atoms with Gasteiger partial charge < -0.3 is 30.0 Å². The molecule has 1 aromatic heterocycles. The number of hydrogen-bond acceptors (Lipinski definition) is 9. The van der Waals surface area contributed by atoms with E-state index < -0.39 is 11.9 Å². The Bertz CT molecular complexity index is 861. The zero-order valence-corrected chi connectivity index (χ0v) is 14.2. The zero-order chi connectivity index (χ0) is 19.8. The average molecular weight is 372 g/mol. The summed E-state index contributed by atoms with van der Waals surface area (Å²) >= 11 is 0. The van der Waals surface area contributed by atoms with Crippen molar-refractivity contribution in [1.29, 1.82) is 0 Å². The maximum absolute atomic E-state index is 10.7. The van der Waals surface area contributed by atoms with Gasteiger partial charge >= 0.3 is 0 Å². The van der Waals surface area contributed by atoms with Crippen molar-refractivity contribution in [3.05, 3.63) is 52.6 Å². The number of carboxylic acid groups (broad SMARTS) is 2. The largest absolute Gasteiger partial charge is 0.545 e. The molecular formula is C17H16N4O6-2. The third-order valence-electron chi connectivity index (χ3n) is 3.67. The molecule has 0 unspecified atom stereocenters. The van der Waals surface area contributed by atoms with E-state index in [9.17, 15) is 29.9 Å².